The molecule has 0 radical (unpaired) electrons. The minimum absolute atomic E-state index is 0.0917. The molecular weight excluding hydrogens is 284 g/mol. The largest absolute Gasteiger partial charge is 0.354 e. The monoisotopic (exact) mass is 304 g/mol. The van der Waals surface area contributed by atoms with Crippen LogP contribution in [0.4, 0.5) is 0 Å². The normalized spacial score (nSPS) is 13.3. The van der Waals surface area contributed by atoms with Gasteiger partial charge in [-0.05, 0) is 27.2 Å². The Bertz CT molecular complexity index is 416. The van der Waals surface area contributed by atoms with Crippen LogP contribution in [0, 0.1) is 0 Å². The molecule has 0 saturated heterocycles. The van der Waals surface area contributed by atoms with Crippen molar-refractivity contribution in [2.75, 3.05) is 12.3 Å². The number of carbonyl (C=O) groups is 1. The highest BCUT2D eigenvalue weighted by Crippen LogP contribution is 2.21. The lowest BCUT2D eigenvalue weighted by molar-refractivity contribution is -0.120. The van der Waals surface area contributed by atoms with Crippen molar-refractivity contribution in [3.8, 4) is 0 Å². The molecule has 108 valence electrons. The van der Waals surface area contributed by atoms with Gasteiger partial charge in [-0.1, -0.05) is 18.7 Å². The minimum atomic E-state index is -0.441. The van der Waals surface area contributed by atoms with Crippen LogP contribution in [0.25, 0.3) is 0 Å². The number of rotatable bonds is 6. The van der Waals surface area contributed by atoms with Crippen molar-refractivity contribution in [2.45, 2.75) is 50.2 Å². The molecule has 1 unspecified atom stereocenters. The zero-order valence-electron chi connectivity index (χ0n) is 11.8. The molecule has 1 aromatic heterocycles. The SMILES string of the molecule is CCC(Cl)C(=O)NCCSc1ncnn1C(C)(C)C. The molecule has 0 bridgehead atoms. The molecule has 1 aromatic rings. The number of nitrogens with one attached hydrogen (secondary N) is 1. The van der Waals surface area contributed by atoms with Gasteiger partial charge in [0.2, 0.25) is 5.91 Å². The maximum atomic E-state index is 11.5. The highest BCUT2D eigenvalue weighted by molar-refractivity contribution is 7.99. The molecule has 1 rings (SSSR count). The second-order valence-corrected chi connectivity index (χ2v) is 6.73. The molecule has 19 heavy (non-hydrogen) atoms. The molecule has 1 heterocycles. The van der Waals surface area contributed by atoms with E-state index in [4.69, 9.17) is 11.6 Å². The topological polar surface area (TPSA) is 59.8 Å². The number of halogens is 1. The Balaban J connectivity index is 2.39. The summed E-state index contributed by atoms with van der Waals surface area (Å²) in [6.45, 7) is 8.69. The van der Waals surface area contributed by atoms with E-state index >= 15 is 0 Å². The second kappa shape index (κ2) is 7.14. The van der Waals surface area contributed by atoms with Gasteiger partial charge in [-0.2, -0.15) is 5.10 Å². The van der Waals surface area contributed by atoms with Gasteiger partial charge in [0.25, 0.3) is 0 Å². The fourth-order valence-corrected chi connectivity index (χ4v) is 2.43. The van der Waals surface area contributed by atoms with Gasteiger partial charge >= 0.3 is 0 Å². The van der Waals surface area contributed by atoms with E-state index in [0.29, 0.717) is 13.0 Å². The van der Waals surface area contributed by atoms with Crippen molar-refractivity contribution >= 4 is 29.3 Å². The maximum absolute atomic E-state index is 11.5. The van der Waals surface area contributed by atoms with Crippen LogP contribution in [-0.4, -0.2) is 38.3 Å². The van der Waals surface area contributed by atoms with Crippen LogP contribution < -0.4 is 5.32 Å². The van der Waals surface area contributed by atoms with Crippen LogP contribution in [0.3, 0.4) is 0 Å². The summed E-state index contributed by atoms with van der Waals surface area (Å²) in [7, 11) is 0. The van der Waals surface area contributed by atoms with E-state index in [2.05, 4.69) is 36.2 Å². The van der Waals surface area contributed by atoms with E-state index in [1.165, 1.54) is 0 Å². The van der Waals surface area contributed by atoms with Gasteiger partial charge in [-0.3, -0.25) is 4.79 Å². The first kappa shape index (κ1) is 16.3. The first-order valence-corrected chi connectivity index (χ1v) is 7.73. The summed E-state index contributed by atoms with van der Waals surface area (Å²) in [6.07, 6.45) is 2.19. The van der Waals surface area contributed by atoms with Crippen molar-refractivity contribution in [2.24, 2.45) is 0 Å². The molecule has 1 amide bonds. The Labute approximate surface area is 123 Å². The van der Waals surface area contributed by atoms with Crippen LogP contribution in [0.15, 0.2) is 11.5 Å². The summed E-state index contributed by atoms with van der Waals surface area (Å²) in [5, 5.41) is 7.44. The quantitative estimate of drug-likeness (QED) is 0.497. The lowest BCUT2D eigenvalue weighted by Crippen LogP contribution is -2.32. The fraction of sp³-hybridized carbons (Fsp3) is 0.750. The van der Waals surface area contributed by atoms with Gasteiger partial charge in [-0.15, -0.1) is 11.6 Å². The average Bonchev–Trinajstić information content (AvgIpc) is 2.81. The highest BCUT2D eigenvalue weighted by Gasteiger charge is 2.18. The lowest BCUT2D eigenvalue weighted by atomic mass is 10.1. The third-order valence-electron chi connectivity index (χ3n) is 2.43. The number of hydrogen-bond donors (Lipinski definition) is 1. The Morgan fingerprint density at radius 1 is 1.58 bits per heavy atom. The van der Waals surface area contributed by atoms with Crippen LogP contribution >= 0.6 is 23.4 Å². The molecule has 5 nitrogen and oxygen atoms in total. The van der Waals surface area contributed by atoms with Crippen LogP contribution in [0.1, 0.15) is 34.1 Å². The van der Waals surface area contributed by atoms with Crippen molar-refractivity contribution in [1.29, 1.82) is 0 Å². The van der Waals surface area contributed by atoms with Gasteiger partial charge in [0.05, 0.1) is 5.54 Å². The van der Waals surface area contributed by atoms with Crippen molar-refractivity contribution in [3.63, 3.8) is 0 Å². The van der Waals surface area contributed by atoms with Gasteiger partial charge in [0.1, 0.15) is 11.7 Å². The Morgan fingerprint density at radius 2 is 2.26 bits per heavy atom. The number of alkyl halides is 1. The molecule has 7 heteroatoms. The summed E-state index contributed by atoms with van der Waals surface area (Å²) in [4.78, 5) is 15.7. The number of aromatic nitrogens is 3. The third-order valence-corrected chi connectivity index (χ3v) is 3.88. The number of nitrogens with zero attached hydrogens (tertiary/aromatic N) is 3. The molecule has 0 aliphatic carbocycles. The van der Waals surface area contributed by atoms with E-state index in [1.54, 1.807) is 18.1 Å². The van der Waals surface area contributed by atoms with Gasteiger partial charge in [-0.25, -0.2) is 9.67 Å². The molecular formula is C12H21ClN4OS. The molecule has 1 atom stereocenters. The van der Waals surface area contributed by atoms with E-state index < -0.39 is 5.38 Å². The highest BCUT2D eigenvalue weighted by atomic mass is 35.5. The van der Waals surface area contributed by atoms with Crippen LogP contribution in [0.2, 0.25) is 0 Å². The van der Waals surface area contributed by atoms with Crippen molar-refractivity contribution < 1.29 is 4.79 Å². The summed E-state index contributed by atoms with van der Waals surface area (Å²) < 4.78 is 1.88. The molecule has 1 N–H and O–H groups in total. The zero-order valence-corrected chi connectivity index (χ0v) is 13.4. The Kier molecular flexibility index (Phi) is 6.13. The van der Waals surface area contributed by atoms with Crippen molar-refractivity contribution in [3.05, 3.63) is 6.33 Å². The number of carbonyl (C=O) groups excluding carboxylic acids is 1. The molecule has 0 aliphatic rings. The standard InChI is InChI=1S/C12H21ClN4OS/c1-5-9(13)10(18)14-6-7-19-11-15-8-16-17(11)12(2,3)4/h8-9H,5-7H2,1-4H3,(H,14,18). The molecule has 0 aliphatic heterocycles. The molecule has 0 saturated carbocycles. The molecule has 0 fully saturated rings. The zero-order chi connectivity index (χ0) is 14.5. The maximum Gasteiger partial charge on any atom is 0.238 e. The summed E-state index contributed by atoms with van der Waals surface area (Å²) >= 11 is 7.41. The number of amides is 1. The Morgan fingerprint density at radius 3 is 2.84 bits per heavy atom. The Hall–Kier alpha value is -0.750. The second-order valence-electron chi connectivity index (χ2n) is 5.14. The predicted octanol–water partition coefficient (Wildman–Crippen LogP) is 2.26. The summed E-state index contributed by atoms with van der Waals surface area (Å²) in [5.74, 6) is 0.635. The van der Waals surface area contributed by atoms with Gasteiger partial charge in [0, 0.05) is 12.3 Å². The first-order valence-electron chi connectivity index (χ1n) is 6.31. The van der Waals surface area contributed by atoms with Gasteiger partial charge < -0.3 is 5.32 Å². The van der Waals surface area contributed by atoms with E-state index in [0.717, 1.165) is 10.9 Å². The van der Waals surface area contributed by atoms with E-state index in [1.807, 2.05) is 11.6 Å². The average molecular weight is 305 g/mol. The van der Waals surface area contributed by atoms with E-state index in [-0.39, 0.29) is 11.4 Å². The molecule has 0 spiro atoms. The fourth-order valence-electron chi connectivity index (χ4n) is 1.40. The molecule has 0 aromatic carbocycles. The number of thioether (sulfide) groups is 1. The van der Waals surface area contributed by atoms with E-state index in [9.17, 15) is 4.79 Å². The van der Waals surface area contributed by atoms with Crippen LogP contribution in [-0.2, 0) is 10.3 Å². The summed E-state index contributed by atoms with van der Waals surface area (Å²) in [6, 6.07) is 0. The summed E-state index contributed by atoms with van der Waals surface area (Å²) in [5.41, 5.74) is -0.0917. The smallest absolute Gasteiger partial charge is 0.238 e. The van der Waals surface area contributed by atoms with Crippen molar-refractivity contribution in [1.82, 2.24) is 20.1 Å². The minimum Gasteiger partial charge on any atom is -0.354 e. The van der Waals surface area contributed by atoms with Gasteiger partial charge in [0.15, 0.2) is 5.16 Å². The third kappa shape index (κ3) is 5.03. The van der Waals surface area contributed by atoms with Crippen LogP contribution in [0.5, 0.6) is 0 Å². The first-order chi connectivity index (χ1) is 8.86. The lowest BCUT2D eigenvalue weighted by Gasteiger charge is -2.20. The predicted molar refractivity (Wildman–Crippen MR) is 78.7 cm³/mol. The number of hydrogen-bond acceptors (Lipinski definition) is 4.